The molecule has 0 aliphatic rings. The second kappa shape index (κ2) is 5.35. The van der Waals surface area contributed by atoms with E-state index in [0.29, 0.717) is 21.3 Å². The molecular weight excluding hydrogens is 313 g/mol. The van der Waals surface area contributed by atoms with E-state index in [9.17, 15) is 9.59 Å². The maximum atomic E-state index is 12.4. The van der Waals surface area contributed by atoms with Crippen LogP contribution in [0.4, 0.5) is 0 Å². The summed E-state index contributed by atoms with van der Waals surface area (Å²) in [5.41, 5.74) is 0.449. The van der Waals surface area contributed by atoms with Gasteiger partial charge in [0.25, 0.3) is 5.56 Å². The van der Waals surface area contributed by atoms with E-state index >= 15 is 0 Å². The molecule has 0 radical (unpaired) electrons. The van der Waals surface area contributed by atoms with Crippen LogP contribution in [-0.4, -0.2) is 20.3 Å². The second-order valence-corrected chi connectivity index (χ2v) is 5.31. The summed E-state index contributed by atoms with van der Waals surface area (Å²) >= 11 is 11.9. The van der Waals surface area contributed by atoms with Crippen molar-refractivity contribution < 1.29 is 4.79 Å². The van der Waals surface area contributed by atoms with Crippen molar-refractivity contribution in [2.75, 3.05) is 0 Å². The zero-order valence-corrected chi connectivity index (χ0v) is 12.1. The van der Waals surface area contributed by atoms with Crippen LogP contribution in [0.1, 0.15) is 10.5 Å². The lowest BCUT2D eigenvalue weighted by Gasteiger charge is -2.06. The van der Waals surface area contributed by atoms with E-state index < -0.39 is 0 Å². The Labute approximate surface area is 129 Å². The van der Waals surface area contributed by atoms with Gasteiger partial charge >= 0.3 is 0 Å². The highest BCUT2D eigenvalue weighted by Crippen LogP contribution is 2.23. The summed E-state index contributed by atoms with van der Waals surface area (Å²) in [6, 6.07) is 6.38. The minimum absolute atomic E-state index is 0.105. The molecule has 0 aliphatic heterocycles. The Morgan fingerprint density at radius 3 is 2.86 bits per heavy atom. The topological polar surface area (TPSA) is 67.8 Å². The monoisotopic (exact) mass is 321 g/mol. The first-order valence-corrected chi connectivity index (χ1v) is 6.82. The predicted molar refractivity (Wildman–Crippen MR) is 81.1 cm³/mol. The number of ketones is 1. The number of hydrogen-bond donors (Lipinski definition) is 1. The summed E-state index contributed by atoms with van der Waals surface area (Å²) in [5.74, 6) is -0.212. The molecule has 3 aromatic rings. The average Bonchev–Trinajstić information content (AvgIpc) is 2.96. The van der Waals surface area contributed by atoms with Gasteiger partial charge in [-0.2, -0.15) is 0 Å². The number of fused-ring (bicyclic) bond motifs is 1. The molecule has 2 heterocycles. The van der Waals surface area contributed by atoms with Gasteiger partial charge in [0.1, 0.15) is 0 Å². The van der Waals surface area contributed by atoms with Gasteiger partial charge in [-0.05, 0) is 24.3 Å². The highest BCUT2D eigenvalue weighted by Gasteiger charge is 2.12. The van der Waals surface area contributed by atoms with E-state index in [-0.39, 0.29) is 23.3 Å². The Bertz CT molecular complexity index is 885. The van der Waals surface area contributed by atoms with Crippen molar-refractivity contribution in [1.29, 1.82) is 0 Å². The fourth-order valence-electron chi connectivity index (χ4n) is 2.05. The van der Waals surface area contributed by atoms with Gasteiger partial charge in [0.05, 0.1) is 34.5 Å². The molecule has 7 heteroatoms. The Morgan fingerprint density at radius 2 is 2.14 bits per heavy atom. The second-order valence-electron chi connectivity index (χ2n) is 4.47. The van der Waals surface area contributed by atoms with E-state index in [1.165, 1.54) is 23.0 Å². The minimum Gasteiger partial charge on any atom is -0.359 e. The highest BCUT2D eigenvalue weighted by molar-refractivity contribution is 6.38. The predicted octanol–water partition coefficient (Wildman–Crippen LogP) is 2.91. The minimum atomic E-state index is -0.357. The van der Waals surface area contributed by atoms with Crippen LogP contribution in [0.3, 0.4) is 0 Å². The Kier molecular flexibility index (Phi) is 3.53. The van der Waals surface area contributed by atoms with E-state index in [1.807, 2.05) is 0 Å². The van der Waals surface area contributed by atoms with E-state index in [4.69, 9.17) is 23.2 Å². The van der Waals surface area contributed by atoms with Gasteiger partial charge in [0.15, 0.2) is 5.78 Å². The first-order valence-electron chi connectivity index (χ1n) is 6.07. The summed E-state index contributed by atoms with van der Waals surface area (Å²) in [7, 11) is 0. The molecule has 0 saturated carbocycles. The Hall–Kier alpha value is -2.11. The third kappa shape index (κ3) is 2.57. The summed E-state index contributed by atoms with van der Waals surface area (Å²) in [5, 5.41) is 0.937. The molecule has 1 N–H and O–H groups in total. The number of Topliss-reactive ketones (excluding diaryl/α,β-unsaturated/α-hetero) is 1. The number of nitrogens with zero attached hydrogens (tertiary/aromatic N) is 2. The van der Waals surface area contributed by atoms with Crippen LogP contribution in [0.2, 0.25) is 10.0 Å². The van der Waals surface area contributed by atoms with Crippen LogP contribution < -0.4 is 5.56 Å². The standard InChI is InChI=1S/C14H9Cl2N3O2/c15-8-4-9-13(10(16)5-8)18-7-19(14(9)21)6-12(20)11-2-1-3-17-11/h1-5,7,17H,6H2. The molecule has 0 spiro atoms. The van der Waals surface area contributed by atoms with Gasteiger partial charge in [-0.3, -0.25) is 14.2 Å². The number of hydrogen-bond acceptors (Lipinski definition) is 3. The van der Waals surface area contributed by atoms with Crippen LogP contribution in [0.5, 0.6) is 0 Å². The Morgan fingerprint density at radius 1 is 1.33 bits per heavy atom. The quantitative estimate of drug-likeness (QED) is 0.754. The third-order valence-electron chi connectivity index (χ3n) is 3.06. The van der Waals surface area contributed by atoms with Crippen LogP contribution in [0.25, 0.3) is 10.9 Å². The van der Waals surface area contributed by atoms with Crippen molar-refractivity contribution in [2.45, 2.75) is 6.54 Å². The van der Waals surface area contributed by atoms with E-state index in [1.54, 1.807) is 18.3 Å². The maximum absolute atomic E-state index is 12.4. The fraction of sp³-hybridized carbons (Fsp3) is 0.0714. The highest BCUT2D eigenvalue weighted by atomic mass is 35.5. The largest absolute Gasteiger partial charge is 0.359 e. The molecule has 0 fully saturated rings. The maximum Gasteiger partial charge on any atom is 0.261 e. The SMILES string of the molecule is O=C(Cn1cnc2c(Cl)cc(Cl)cc2c1=O)c1ccc[nH]1. The molecule has 106 valence electrons. The number of aromatic amines is 1. The number of aromatic nitrogens is 3. The molecule has 0 bridgehead atoms. The molecule has 0 aliphatic carbocycles. The first kappa shape index (κ1) is 13.9. The van der Waals surface area contributed by atoms with Gasteiger partial charge in [0.2, 0.25) is 0 Å². The normalized spacial score (nSPS) is 11.0. The first-order chi connectivity index (χ1) is 10.1. The van der Waals surface area contributed by atoms with Crippen LogP contribution >= 0.6 is 23.2 Å². The molecule has 1 aromatic carbocycles. The number of halogens is 2. The number of nitrogens with one attached hydrogen (secondary N) is 1. The molecule has 0 atom stereocenters. The smallest absolute Gasteiger partial charge is 0.261 e. The van der Waals surface area contributed by atoms with Crippen LogP contribution in [0, 0.1) is 0 Å². The Balaban J connectivity index is 2.07. The van der Waals surface area contributed by atoms with Crippen molar-refractivity contribution in [2.24, 2.45) is 0 Å². The van der Waals surface area contributed by atoms with Crippen molar-refractivity contribution in [1.82, 2.24) is 14.5 Å². The number of benzene rings is 1. The molecule has 0 amide bonds. The number of H-pyrrole nitrogens is 1. The zero-order valence-electron chi connectivity index (χ0n) is 10.6. The van der Waals surface area contributed by atoms with Gasteiger partial charge in [0, 0.05) is 11.2 Å². The molecule has 5 nitrogen and oxygen atoms in total. The molecule has 0 saturated heterocycles. The number of carbonyl (C=O) groups excluding carboxylic acids is 1. The van der Waals surface area contributed by atoms with Gasteiger partial charge in [-0.1, -0.05) is 23.2 Å². The van der Waals surface area contributed by atoms with Crippen molar-refractivity contribution in [3.8, 4) is 0 Å². The third-order valence-corrected chi connectivity index (χ3v) is 3.56. The van der Waals surface area contributed by atoms with Crippen molar-refractivity contribution in [3.05, 3.63) is 62.9 Å². The van der Waals surface area contributed by atoms with Gasteiger partial charge in [-0.25, -0.2) is 4.98 Å². The summed E-state index contributed by atoms with van der Waals surface area (Å²) in [4.78, 5) is 31.3. The summed E-state index contributed by atoms with van der Waals surface area (Å²) in [6.45, 7) is -0.105. The molecule has 21 heavy (non-hydrogen) atoms. The molecule has 0 unspecified atom stereocenters. The lowest BCUT2D eigenvalue weighted by molar-refractivity contribution is 0.0966. The lowest BCUT2D eigenvalue weighted by Crippen LogP contribution is -2.25. The van der Waals surface area contributed by atoms with Gasteiger partial charge in [-0.15, -0.1) is 0 Å². The fourth-order valence-corrected chi connectivity index (χ4v) is 2.59. The van der Waals surface area contributed by atoms with Crippen LogP contribution in [0.15, 0.2) is 41.6 Å². The number of rotatable bonds is 3. The molecule has 2 aromatic heterocycles. The van der Waals surface area contributed by atoms with E-state index in [0.717, 1.165) is 0 Å². The average molecular weight is 322 g/mol. The van der Waals surface area contributed by atoms with E-state index in [2.05, 4.69) is 9.97 Å². The number of carbonyl (C=O) groups is 1. The zero-order chi connectivity index (χ0) is 15.0. The summed E-state index contributed by atoms with van der Waals surface area (Å²) in [6.07, 6.45) is 2.96. The summed E-state index contributed by atoms with van der Waals surface area (Å²) < 4.78 is 1.23. The van der Waals surface area contributed by atoms with Crippen molar-refractivity contribution in [3.63, 3.8) is 0 Å². The lowest BCUT2D eigenvalue weighted by atomic mass is 10.2. The van der Waals surface area contributed by atoms with Crippen molar-refractivity contribution >= 4 is 39.9 Å². The molecule has 3 rings (SSSR count). The van der Waals surface area contributed by atoms with Gasteiger partial charge < -0.3 is 4.98 Å². The molecular formula is C14H9Cl2N3O2. The van der Waals surface area contributed by atoms with Crippen LogP contribution in [-0.2, 0) is 6.54 Å².